The lowest BCUT2D eigenvalue weighted by Gasteiger charge is -2.06. The van der Waals surface area contributed by atoms with E-state index in [4.69, 9.17) is 5.11 Å². The number of anilines is 1. The van der Waals surface area contributed by atoms with E-state index in [1.807, 2.05) is 6.92 Å². The van der Waals surface area contributed by atoms with Gasteiger partial charge in [-0.3, -0.25) is 4.79 Å². The third-order valence-electron chi connectivity index (χ3n) is 1.63. The van der Waals surface area contributed by atoms with E-state index in [9.17, 15) is 4.79 Å². The standard InChI is InChI=1S/C9H11NO2S/c1-6-4-7(11)2-3-8(6)10-9(12)5-13/h2-4,11,13H,5H2,1H3,(H,10,12). The van der Waals surface area contributed by atoms with Crippen LogP contribution in [-0.2, 0) is 4.79 Å². The van der Waals surface area contributed by atoms with E-state index in [0.717, 1.165) is 5.56 Å². The minimum Gasteiger partial charge on any atom is -0.508 e. The third kappa shape index (κ3) is 2.66. The van der Waals surface area contributed by atoms with Crippen LogP contribution in [-0.4, -0.2) is 16.8 Å². The first kappa shape index (κ1) is 9.92. The summed E-state index contributed by atoms with van der Waals surface area (Å²) in [6.07, 6.45) is 0. The second-order valence-electron chi connectivity index (χ2n) is 2.71. The van der Waals surface area contributed by atoms with Gasteiger partial charge in [-0.25, -0.2) is 0 Å². The van der Waals surface area contributed by atoms with Crippen LogP contribution in [0, 0.1) is 6.92 Å². The zero-order valence-corrected chi connectivity index (χ0v) is 8.14. The number of phenolic OH excluding ortho intramolecular Hbond substituents is 1. The number of amides is 1. The molecule has 0 radical (unpaired) electrons. The molecule has 0 aromatic heterocycles. The fraction of sp³-hybridized carbons (Fsp3) is 0.222. The van der Waals surface area contributed by atoms with Crippen LogP contribution < -0.4 is 5.32 Å². The van der Waals surface area contributed by atoms with Crippen molar-refractivity contribution in [1.29, 1.82) is 0 Å². The number of hydrogen-bond donors (Lipinski definition) is 3. The van der Waals surface area contributed by atoms with Crippen molar-refractivity contribution >= 4 is 24.2 Å². The monoisotopic (exact) mass is 197 g/mol. The number of hydrogen-bond acceptors (Lipinski definition) is 3. The second kappa shape index (κ2) is 4.18. The fourth-order valence-corrected chi connectivity index (χ4v) is 1.06. The number of thiol groups is 1. The van der Waals surface area contributed by atoms with E-state index >= 15 is 0 Å². The van der Waals surface area contributed by atoms with Gasteiger partial charge in [-0.05, 0) is 30.7 Å². The Morgan fingerprint density at radius 1 is 1.62 bits per heavy atom. The van der Waals surface area contributed by atoms with Gasteiger partial charge in [0.25, 0.3) is 0 Å². The zero-order chi connectivity index (χ0) is 9.84. The summed E-state index contributed by atoms with van der Waals surface area (Å²) >= 11 is 3.84. The van der Waals surface area contributed by atoms with Crippen LogP contribution in [0.2, 0.25) is 0 Å². The highest BCUT2D eigenvalue weighted by Gasteiger charge is 2.02. The summed E-state index contributed by atoms with van der Waals surface area (Å²) in [4.78, 5) is 11.0. The minimum atomic E-state index is -0.155. The highest BCUT2D eigenvalue weighted by molar-refractivity contribution is 7.81. The van der Waals surface area contributed by atoms with E-state index in [0.29, 0.717) is 5.69 Å². The van der Waals surface area contributed by atoms with Gasteiger partial charge >= 0.3 is 0 Å². The lowest BCUT2D eigenvalue weighted by molar-refractivity contribution is -0.113. The third-order valence-corrected chi connectivity index (χ3v) is 1.91. The van der Waals surface area contributed by atoms with Gasteiger partial charge in [0, 0.05) is 5.69 Å². The quantitative estimate of drug-likeness (QED) is 0.498. The normalized spacial score (nSPS) is 9.69. The first-order chi connectivity index (χ1) is 6.13. The highest BCUT2D eigenvalue weighted by Crippen LogP contribution is 2.19. The molecule has 0 aliphatic rings. The first-order valence-electron chi connectivity index (χ1n) is 3.84. The number of carbonyl (C=O) groups is 1. The van der Waals surface area contributed by atoms with E-state index in [1.165, 1.54) is 6.07 Å². The molecule has 2 N–H and O–H groups in total. The maximum absolute atomic E-state index is 11.0. The number of aryl methyl sites for hydroxylation is 1. The van der Waals surface area contributed by atoms with Crippen molar-refractivity contribution < 1.29 is 9.90 Å². The molecule has 0 saturated carbocycles. The number of aromatic hydroxyl groups is 1. The average Bonchev–Trinajstić information content (AvgIpc) is 2.09. The molecule has 1 amide bonds. The summed E-state index contributed by atoms with van der Waals surface area (Å²) in [5.41, 5.74) is 1.53. The maximum atomic E-state index is 11.0. The molecule has 1 aromatic carbocycles. The lowest BCUT2D eigenvalue weighted by atomic mass is 10.2. The number of rotatable bonds is 2. The summed E-state index contributed by atoms with van der Waals surface area (Å²) in [6, 6.07) is 4.78. The molecule has 70 valence electrons. The molecular formula is C9H11NO2S. The van der Waals surface area contributed by atoms with Crippen LogP contribution in [0.15, 0.2) is 18.2 Å². The van der Waals surface area contributed by atoms with Gasteiger partial charge in [0.15, 0.2) is 0 Å². The molecule has 0 aliphatic heterocycles. The minimum absolute atomic E-state index is 0.153. The number of nitrogens with one attached hydrogen (secondary N) is 1. The lowest BCUT2D eigenvalue weighted by Crippen LogP contribution is -2.13. The first-order valence-corrected chi connectivity index (χ1v) is 4.47. The van der Waals surface area contributed by atoms with E-state index in [2.05, 4.69) is 17.9 Å². The van der Waals surface area contributed by atoms with Crippen molar-refractivity contribution in [3.05, 3.63) is 23.8 Å². The molecular weight excluding hydrogens is 186 g/mol. The number of carbonyl (C=O) groups excluding carboxylic acids is 1. The molecule has 4 heteroatoms. The molecule has 0 atom stereocenters. The zero-order valence-electron chi connectivity index (χ0n) is 7.24. The maximum Gasteiger partial charge on any atom is 0.234 e. The van der Waals surface area contributed by atoms with Gasteiger partial charge in [-0.15, -0.1) is 0 Å². The Bertz CT molecular complexity index is 325. The van der Waals surface area contributed by atoms with Crippen LogP contribution in [0.4, 0.5) is 5.69 Å². The summed E-state index contributed by atoms with van der Waals surface area (Å²) in [6.45, 7) is 1.81. The average molecular weight is 197 g/mol. The Morgan fingerprint density at radius 3 is 2.85 bits per heavy atom. The SMILES string of the molecule is Cc1cc(O)ccc1NC(=O)CS. The van der Waals surface area contributed by atoms with Gasteiger partial charge in [-0.1, -0.05) is 0 Å². The van der Waals surface area contributed by atoms with Gasteiger partial charge in [0.1, 0.15) is 5.75 Å². The molecule has 0 spiro atoms. The summed E-state index contributed by atoms with van der Waals surface area (Å²) in [5, 5.41) is 11.8. The molecule has 0 bridgehead atoms. The van der Waals surface area contributed by atoms with Crippen LogP contribution in [0.5, 0.6) is 5.75 Å². The highest BCUT2D eigenvalue weighted by atomic mass is 32.1. The Kier molecular flexibility index (Phi) is 3.19. The molecule has 0 unspecified atom stereocenters. The summed E-state index contributed by atoms with van der Waals surface area (Å²) < 4.78 is 0. The van der Waals surface area contributed by atoms with Crippen LogP contribution >= 0.6 is 12.6 Å². The van der Waals surface area contributed by atoms with Crippen molar-refractivity contribution in [2.45, 2.75) is 6.92 Å². The van der Waals surface area contributed by atoms with E-state index in [1.54, 1.807) is 12.1 Å². The largest absolute Gasteiger partial charge is 0.508 e. The Labute approximate surface area is 82.2 Å². The van der Waals surface area contributed by atoms with Gasteiger partial charge in [-0.2, -0.15) is 12.6 Å². The van der Waals surface area contributed by atoms with Crippen LogP contribution in [0.3, 0.4) is 0 Å². The van der Waals surface area contributed by atoms with E-state index < -0.39 is 0 Å². The predicted molar refractivity (Wildman–Crippen MR) is 55.3 cm³/mol. The molecule has 13 heavy (non-hydrogen) atoms. The van der Waals surface area contributed by atoms with Crippen molar-refractivity contribution in [2.24, 2.45) is 0 Å². The van der Waals surface area contributed by atoms with Crippen LogP contribution in [0.25, 0.3) is 0 Å². The molecule has 0 saturated heterocycles. The second-order valence-corrected chi connectivity index (χ2v) is 3.02. The van der Waals surface area contributed by atoms with Gasteiger partial charge in [0.05, 0.1) is 5.75 Å². The predicted octanol–water partition coefficient (Wildman–Crippen LogP) is 1.57. The van der Waals surface area contributed by atoms with Crippen molar-refractivity contribution in [1.82, 2.24) is 0 Å². The smallest absolute Gasteiger partial charge is 0.234 e. The summed E-state index contributed by atoms with van der Waals surface area (Å²) in [7, 11) is 0. The Hall–Kier alpha value is -1.16. The van der Waals surface area contributed by atoms with Crippen molar-refractivity contribution in [3.63, 3.8) is 0 Å². The summed E-state index contributed by atoms with van der Waals surface area (Å²) in [5.74, 6) is 0.193. The molecule has 0 aliphatic carbocycles. The van der Waals surface area contributed by atoms with Gasteiger partial charge < -0.3 is 10.4 Å². The topological polar surface area (TPSA) is 49.3 Å². The molecule has 0 heterocycles. The molecule has 3 nitrogen and oxygen atoms in total. The van der Waals surface area contributed by atoms with Gasteiger partial charge in [0.2, 0.25) is 5.91 Å². The number of phenols is 1. The Morgan fingerprint density at radius 2 is 2.31 bits per heavy atom. The van der Waals surface area contributed by atoms with Crippen molar-refractivity contribution in [3.8, 4) is 5.75 Å². The van der Waals surface area contributed by atoms with Crippen molar-refractivity contribution in [2.75, 3.05) is 11.1 Å². The molecule has 0 fully saturated rings. The number of benzene rings is 1. The fourth-order valence-electron chi connectivity index (χ4n) is 0.978. The molecule has 1 rings (SSSR count). The van der Waals surface area contributed by atoms with E-state index in [-0.39, 0.29) is 17.4 Å². The Balaban J connectivity index is 2.83. The van der Waals surface area contributed by atoms with Crippen LogP contribution in [0.1, 0.15) is 5.56 Å². The molecule has 1 aromatic rings.